The van der Waals surface area contributed by atoms with Crippen LogP contribution in [0.15, 0.2) is 146 Å². The zero-order valence-corrected chi connectivity index (χ0v) is 46.4. The first kappa shape index (κ1) is 60.4. The molecule has 87 heavy (non-hydrogen) atoms. The number of rotatable bonds is 27. The van der Waals surface area contributed by atoms with Gasteiger partial charge in [-0.2, -0.15) is 0 Å². The van der Waals surface area contributed by atoms with Crippen LogP contribution in [0.5, 0.6) is 0 Å². The number of carboxylic acid groups (broad SMARTS) is 5. The maximum absolute atomic E-state index is 14.0. The quantitative estimate of drug-likeness (QED) is 0.0169. The highest BCUT2D eigenvalue weighted by Gasteiger charge is 2.44. The molecular weight excluding hydrogens is 1120 g/mol. The second kappa shape index (κ2) is 25.7. The lowest BCUT2D eigenvalue weighted by molar-refractivity contribution is -0.573. The summed E-state index contributed by atoms with van der Waals surface area (Å²) in [6.07, 6.45) is 0.340. The molecule has 0 spiro atoms. The van der Waals surface area contributed by atoms with Crippen molar-refractivity contribution >= 4 is 86.1 Å². The van der Waals surface area contributed by atoms with Crippen molar-refractivity contribution in [3.8, 4) is 33.4 Å². The predicted molar refractivity (Wildman–Crippen MR) is 318 cm³/mol. The third-order valence-corrected chi connectivity index (χ3v) is 15.7. The molecule has 9 rings (SSSR count). The molecule has 0 fully saturated rings. The van der Waals surface area contributed by atoms with E-state index in [1.807, 2.05) is 0 Å². The number of para-hydroxylation sites is 3. The van der Waals surface area contributed by atoms with Crippen LogP contribution in [0.2, 0.25) is 0 Å². The van der Waals surface area contributed by atoms with E-state index in [1.54, 1.807) is 103 Å². The highest BCUT2D eigenvalue weighted by molar-refractivity contribution is 6.02. The Hall–Kier alpha value is -11.2. The van der Waals surface area contributed by atoms with Crippen LogP contribution in [0.25, 0.3) is 66.1 Å². The van der Waals surface area contributed by atoms with Crippen molar-refractivity contribution in [2.75, 3.05) is 0 Å². The molecule has 23 heteroatoms. The minimum atomic E-state index is -2.26. The minimum absolute atomic E-state index is 0.0717. The smallest absolute Gasteiger partial charge is 0.335 e. The van der Waals surface area contributed by atoms with Gasteiger partial charge in [-0.1, -0.05) is 91.0 Å². The van der Waals surface area contributed by atoms with Crippen LogP contribution in [0.1, 0.15) is 99.3 Å². The number of nitrogens with zero attached hydrogens (tertiary/aromatic N) is 1. The summed E-state index contributed by atoms with van der Waals surface area (Å²) in [5.74, 6) is -9.33. The first-order valence-corrected chi connectivity index (χ1v) is 27.4. The Balaban J connectivity index is 0.932. The lowest BCUT2D eigenvalue weighted by Gasteiger charge is -2.26. The van der Waals surface area contributed by atoms with Gasteiger partial charge in [-0.15, -0.1) is 0 Å². The average molecular weight is 1180 g/mol. The van der Waals surface area contributed by atoms with Crippen molar-refractivity contribution in [2.45, 2.75) is 82.0 Å². The number of aromatic nitrogens is 3. The van der Waals surface area contributed by atoms with E-state index in [2.05, 4.69) is 30.9 Å². The second-order valence-electron chi connectivity index (χ2n) is 21.1. The summed E-state index contributed by atoms with van der Waals surface area (Å²) in [6.45, 7) is 1.24. The number of ketones is 1. The number of carbonyl (C=O) groups excluding carboxylic acids is 4. The summed E-state index contributed by atoms with van der Waals surface area (Å²) in [5, 5.41) is 71.8. The van der Waals surface area contributed by atoms with E-state index in [0.29, 0.717) is 82.8 Å². The number of hydrogen-bond donors (Lipinski definition) is 11. The van der Waals surface area contributed by atoms with Gasteiger partial charge in [0.15, 0.2) is 5.78 Å². The van der Waals surface area contributed by atoms with E-state index in [0.717, 1.165) is 0 Å². The Labute approximate surface area is 493 Å². The number of nitro groups is 1. The molecule has 0 aliphatic heterocycles. The Kier molecular flexibility index (Phi) is 17.8. The predicted octanol–water partition coefficient (Wildman–Crippen LogP) is 8.95. The number of aromatic amines is 3. The highest BCUT2D eigenvalue weighted by Crippen LogP contribution is 2.36. The van der Waals surface area contributed by atoms with Crippen LogP contribution in [0.4, 0.5) is 0 Å². The molecule has 0 saturated heterocycles. The van der Waals surface area contributed by atoms with Crippen molar-refractivity contribution in [2.24, 2.45) is 0 Å². The second-order valence-corrected chi connectivity index (χ2v) is 21.1. The van der Waals surface area contributed by atoms with Crippen LogP contribution >= 0.6 is 0 Å². The van der Waals surface area contributed by atoms with Crippen LogP contribution in [0.3, 0.4) is 0 Å². The zero-order valence-electron chi connectivity index (χ0n) is 46.4. The van der Waals surface area contributed by atoms with Crippen LogP contribution in [-0.4, -0.2) is 116 Å². The Morgan fingerprint density at radius 3 is 1.14 bits per heavy atom. The van der Waals surface area contributed by atoms with Crippen molar-refractivity contribution in [1.82, 2.24) is 30.9 Å². The average Bonchev–Trinajstić information content (AvgIpc) is 2.71. The fraction of sp³-hybridized carbons (Fsp3) is 0.203. The number of carboxylic acids is 5. The Morgan fingerprint density at radius 2 is 0.805 bits per heavy atom. The molecule has 3 unspecified atom stereocenters. The van der Waals surface area contributed by atoms with E-state index < -0.39 is 120 Å². The molecule has 0 saturated carbocycles. The van der Waals surface area contributed by atoms with Gasteiger partial charge in [-0.25, -0.2) is 24.0 Å². The normalized spacial score (nSPS) is 13.0. The number of benzene rings is 6. The lowest BCUT2D eigenvalue weighted by atomic mass is 9.83. The number of aliphatic carboxylic acids is 2. The Bertz CT molecular complexity index is 4010. The molecule has 444 valence electrons. The molecule has 3 amide bonds. The first-order valence-electron chi connectivity index (χ1n) is 27.4. The summed E-state index contributed by atoms with van der Waals surface area (Å²) >= 11 is 0. The lowest BCUT2D eigenvalue weighted by Crippen LogP contribution is -2.46. The number of amides is 3. The number of H-pyrrole nitrogens is 3. The van der Waals surface area contributed by atoms with Gasteiger partial charge in [0.2, 0.25) is 23.3 Å². The summed E-state index contributed by atoms with van der Waals surface area (Å²) in [7, 11) is 0. The first-order chi connectivity index (χ1) is 41.6. The number of carbonyl (C=O) groups is 9. The maximum Gasteiger partial charge on any atom is 0.335 e. The zero-order chi connectivity index (χ0) is 62.3. The number of nitrogens with one attached hydrogen (secondary N) is 6. The van der Waals surface area contributed by atoms with Crippen molar-refractivity contribution < 1.29 is 73.6 Å². The summed E-state index contributed by atoms with van der Waals surface area (Å²) < 4.78 is 0. The van der Waals surface area contributed by atoms with E-state index >= 15 is 0 Å². The van der Waals surface area contributed by atoms with Crippen LogP contribution in [0, 0.1) is 10.1 Å². The summed E-state index contributed by atoms with van der Waals surface area (Å²) in [5.41, 5.74) is 5.09. The molecule has 0 radical (unpaired) electrons. The summed E-state index contributed by atoms with van der Waals surface area (Å²) in [4.78, 5) is 137. The van der Waals surface area contributed by atoms with Gasteiger partial charge in [0.05, 0.1) is 33.2 Å². The molecular formula is C64H57N7O16. The van der Waals surface area contributed by atoms with E-state index in [9.17, 15) is 78.8 Å². The number of aromatic carboxylic acids is 3. The van der Waals surface area contributed by atoms with Gasteiger partial charge in [-0.3, -0.25) is 29.3 Å². The van der Waals surface area contributed by atoms with E-state index in [-0.39, 0.29) is 29.5 Å². The third kappa shape index (κ3) is 13.4. The molecule has 0 bridgehead atoms. The molecule has 3 atom stereocenters. The van der Waals surface area contributed by atoms with E-state index in [4.69, 9.17) is 0 Å². The van der Waals surface area contributed by atoms with Crippen LogP contribution in [-0.2, 0) is 41.6 Å². The summed E-state index contributed by atoms with van der Waals surface area (Å²) in [6, 6.07) is 29.8. The van der Waals surface area contributed by atoms with Crippen molar-refractivity contribution in [3.63, 3.8) is 0 Å². The van der Waals surface area contributed by atoms with Crippen molar-refractivity contribution in [3.05, 3.63) is 189 Å². The molecule has 6 aromatic carbocycles. The van der Waals surface area contributed by atoms with Gasteiger partial charge in [-0.05, 0) is 71.1 Å². The SMILES string of the molecule is CC(=O)C(NC(=O)CCC(CCC(=O)NC(Cc1c[nH]c2c(-c3ccc(C(=O)O)cc3)cccc12)C(=O)O)(CCC(=O)NC(Cc1c[nH]c2c(-c3ccc(C(=O)O)cc3)cccc12)C(=O)O)[N+](=O)[O-])c1c[nH]c2c(-c3ccc(C(=O)O)cc3)cccc12. The number of hydrogen-bond acceptors (Lipinski definition) is 11. The van der Waals surface area contributed by atoms with Gasteiger partial charge < -0.3 is 56.4 Å². The molecule has 11 N–H and O–H groups in total. The van der Waals surface area contributed by atoms with Gasteiger partial charge in [0, 0.05) is 113 Å². The van der Waals surface area contributed by atoms with E-state index in [1.165, 1.54) is 49.5 Å². The number of fused-ring (bicyclic) bond motifs is 3. The molecule has 3 aromatic heterocycles. The molecule has 0 aliphatic rings. The fourth-order valence-electron chi connectivity index (χ4n) is 11.0. The largest absolute Gasteiger partial charge is 0.480 e. The van der Waals surface area contributed by atoms with Crippen molar-refractivity contribution in [1.29, 1.82) is 0 Å². The monoisotopic (exact) mass is 1180 g/mol. The topological polar surface area (TPSA) is 381 Å². The molecule has 23 nitrogen and oxygen atoms in total. The molecule has 3 heterocycles. The Morgan fingerprint density at radius 1 is 0.471 bits per heavy atom. The maximum atomic E-state index is 14.0. The molecule has 9 aromatic rings. The van der Waals surface area contributed by atoms with Gasteiger partial charge >= 0.3 is 29.8 Å². The van der Waals surface area contributed by atoms with Gasteiger partial charge in [0.1, 0.15) is 18.1 Å². The number of Topliss-reactive ketones (excluding diaryl/α,β-unsaturated/α-hetero) is 1. The standard InChI is InChI=1S/C64H57N7O16/c1-34(72)55(49-33-67-58-45(7-4-10-48(49)58)37-15-21-40(22-16-37)61(80)81)70-54(75)25-28-64(71(86)87,26-23-52(73)68-50(62(82)83)29-41-31-65-56-43(5-2-8-46(41)56)35-11-17-38(18-12-35)59(76)77)27-24-53(74)69-51(63(84)85)30-42-32-66-57-44(6-3-9-47(42)57)36-13-19-39(20-14-36)60(78)79/h2-22,31-33,50-51,55,65-67H,23-30H2,1H3,(H,68,73)(H,69,74)(H,70,75)(H,76,77)(H,78,79)(H,80,81)(H,82,83)(H,84,85). The van der Waals surface area contributed by atoms with Gasteiger partial charge in [0.25, 0.3) is 0 Å². The minimum Gasteiger partial charge on any atom is -0.480 e. The van der Waals surface area contributed by atoms with Crippen LogP contribution < -0.4 is 16.0 Å². The highest BCUT2D eigenvalue weighted by atomic mass is 16.6. The fourth-order valence-corrected chi connectivity index (χ4v) is 11.0. The molecule has 0 aliphatic carbocycles. The third-order valence-electron chi connectivity index (χ3n) is 15.7.